The summed E-state index contributed by atoms with van der Waals surface area (Å²) < 4.78 is 11.3. The van der Waals surface area contributed by atoms with Crippen LogP contribution in [0.15, 0.2) is 78.9 Å². The van der Waals surface area contributed by atoms with Crippen LogP contribution in [0.5, 0.6) is 11.5 Å². The third-order valence-electron chi connectivity index (χ3n) is 11.1. The number of ether oxygens (including phenoxy) is 2. The number of anilines is 2. The standard InChI is InChI=1S/C34H34N2O5/c1-40-31(39)34-21-32(34)19-28-33(17-18-35(28)20-22(32)11-16-29(34)37)26-9-5-6-10-27(26)36(30(33)38)23-12-14-25(15-13-23)41-24-7-3-2-4-8-24/h2-10,12-15,22,28-29,37H,11,16-21H2,1H3/t22-,28-,29-,32+,33-,34-/m0/s1. The number of aliphatic hydroxyl groups is 1. The lowest BCUT2D eigenvalue weighted by molar-refractivity contribution is -0.160. The van der Waals surface area contributed by atoms with Gasteiger partial charge in [-0.25, -0.2) is 0 Å². The SMILES string of the molecule is COC(=O)[C@@]12C[C@@]13C[C@@H]1N(CC[C@@]14C(=O)N(c1ccc(Oc5ccccc5)cc1)c1ccccc14)C[C@@H]3CC[C@@H]2O. The van der Waals surface area contributed by atoms with Crippen LogP contribution in [0.25, 0.3) is 0 Å². The van der Waals surface area contributed by atoms with Crippen molar-refractivity contribution < 1.29 is 24.2 Å². The van der Waals surface area contributed by atoms with Crippen molar-refractivity contribution in [1.29, 1.82) is 0 Å². The number of rotatable bonds is 4. The van der Waals surface area contributed by atoms with Crippen molar-refractivity contribution in [2.45, 2.75) is 49.7 Å². The quantitative estimate of drug-likeness (QED) is 0.451. The van der Waals surface area contributed by atoms with Gasteiger partial charge in [0.15, 0.2) is 0 Å². The maximum atomic E-state index is 14.8. The van der Waals surface area contributed by atoms with Gasteiger partial charge < -0.3 is 14.6 Å². The van der Waals surface area contributed by atoms with Gasteiger partial charge in [0, 0.05) is 18.3 Å². The van der Waals surface area contributed by atoms with Crippen LogP contribution >= 0.6 is 0 Å². The summed E-state index contributed by atoms with van der Waals surface area (Å²) in [5, 5.41) is 11.1. The lowest BCUT2D eigenvalue weighted by Crippen LogP contribution is -2.58. The van der Waals surface area contributed by atoms with Crippen LogP contribution in [0, 0.1) is 16.7 Å². The molecule has 6 atom stereocenters. The topological polar surface area (TPSA) is 79.3 Å². The Balaban J connectivity index is 1.16. The van der Waals surface area contributed by atoms with E-state index in [1.165, 1.54) is 7.11 Å². The first kappa shape index (κ1) is 25.1. The summed E-state index contributed by atoms with van der Waals surface area (Å²) in [7, 11) is 1.43. The molecule has 3 aromatic rings. The Kier molecular flexibility index (Phi) is 5.30. The first-order valence-electron chi connectivity index (χ1n) is 14.7. The second kappa shape index (κ2) is 8.66. The zero-order valence-electron chi connectivity index (χ0n) is 23.2. The summed E-state index contributed by atoms with van der Waals surface area (Å²) in [6.45, 7) is 1.71. The molecule has 41 heavy (non-hydrogen) atoms. The molecule has 2 saturated heterocycles. The molecule has 0 bridgehead atoms. The Bertz CT molecular complexity index is 1540. The van der Waals surface area contributed by atoms with E-state index >= 15 is 0 Å². The normalized spacial score (nSPS) is 34.9. The van der Waals surface area contributed by atoms with E-state index in [1.807, 2.05) is 77.7 Å². The van der Waals surface area contributed by atoms with Gasteiger partial charge in [-0.3, -0.25) is 19.4 Å². The largest absolute Gasteiger partial charge is 0.468 e. The van der Waals surface area contributed by atoms with Crippen molar-refractivity contribution in [3.63, 3.8) is 0 Å². The summed E-state index contributed by atoms with van der Waals surface area (Å²) in [4.78, 5) is 32.3. The van der Waals surface area contributed by atoms with Crippen molar-refractivity contribution in [2.75, 3.05) is 25.1 Å². The number of fused-ring (bicyclic) bond motifs is 4. The van der Waals surface area contributed by atoms with Crippen LogP contribution in [0.3, 0.4) is 0 Å². The van der Waals surface area contributed by atoms with Gasteiger partial charge in [0.05, 0.1) is 24.3 Å². The van der Waals surface area contributed by atoms with Gasteiger partial charge in [-0.05, 0) is 98.0 Å². The van der Waals surface area contributed by atoms with Gasteiger partial charge in [-0.2, -0.15) is 0 Å². The maximum absolute atomic E-state index is 14.8. The first-order valence-corrected chi connectivity index (χ1v) is 14.7. The summed E-state index contributed by atoms with van der Waals surface area (Å²) in [6.07, 6.45) is 2.97. The van der Waals surface area contributed by atoms with E-state index in [2.05, 4.69) is 11.0 Å². The van der Waals surface area contributed by atoms with E-state index in [0.717, 1.165) is 55.0 Å². The van der Waals surface area contributed by atoms with E-state index in [0.29, 0.717) is 24.5 Å². The molecule has 1 amide bonds. The lowest BCUT2D eigenvalue weighted by Gasteiger charge is -2.50. The smallest absolute Gasteiger partial charge is 0.315 e. The van der Waals surface area contributed by atoms with Gasteiger partial charge >= 0.3 is 5.97 Å². The Morgan fingerprint density at radius 3 is 2.46 bits per heavy atom. The summed E-state index contributed by atoms with van der Waals surface area (Å²) >= 11 is 0. The molecule has 3 aliphatic heterocycles. The molecular weight excluding hydrogens is 516 g/mol. The number of carbonyl (C=O) groups excluding carboxylic acids is 2. The third kappa shape index (κ3) is 3.16. The van der Waals surface area contributed by atoms with Gasteiger partial charge in [0.1, 0.15) is 16.9 Å². The minimum Gasteiger partial charge on any atom is -0.468 e. The van der Waals surface area contributed by atoms with Gasteiger partial charge in [-0.1, -0.05) is 36.4 Å². The zero-order valence-corrected chi connectivity index (χ0v) is 23.2. The van der Waals surface area contributed by atoms with Crippen LogP contribution in [-0.2, 0) is 19.7 Å². The molecular formula is C34H34N2O5. The number of piperidine rings is 1. The van der Waals surface area contributed by atoms with Crippen LogP contribution in [0.2, 0.25) is 0 Å². The number of para-hydroxylation sites is 2. The number of esters is 1. The van der Waals surface area contributed by atoms with Crippen molar-refractivity contribution in [2.24, 2.45) is 16.7 Å². The number of amides is 1. The second-order valence-electron chi connectivity index (χ2n) is 12.6. The Hall–Kier alpha value is -3.68. The molecule has 2 saturated carbocycles. The second-order valence-corrected chi connectivity index (χ2v) is 12.6. The molecule has 5 aliphatic rings. The molecule has 2 aliphatic carbocycles. The fourth-order valence-electron chi connectivity index (χ4n) is 9.26. The predicted octanol–water partition coefficient (Wildman–Crippen LogP) is 5.19. The van der Waals surface area contributed by atoms with E-state index < -0.39 is 16.9 Å². The van der Waals surface area contributed by atoms with Gasteiger partial charge in [-0.15, -0.1) is 0 Å². The Labute approximate surface area is 239 Å². The van der Waals surface area contributed by atoms with Crippen LogP contribution in [-0.4, -0.2) is 54.2 Å². The molecule has 2 spiro atoms. The highest BCUT2D eigenvalue weighted by atomic mass is 16.5. The molecule has 7 nitrogen and oxygen atoms in total. The van der Waals surface area contributed by atoms with Gasteiger partial charge in [0.2, 0.25) is 5.91 Å². The number of carbonyl (C=O) groups is 2. The van der Waals surface area contributed by atoms with E-state index in [-0.39, 0.29) is 23.3 Å². The number of methoxy groups -OCH3 is 1. The van der Waals surface area contributed by atoms with E-state index in [1.54, 1.807) is 0 Å². The van der Waals surface area contributed by atoms with Crippen molar-refractivity contribution in [3.8, 4) is 11.5 Å². The number of nitrogens with zero attached hydrogens (tertiary/aromatic N) is 2. The molecule has 0 unspecified atom stereocenters. The predicted molar refractivity (Wildman–Crippen MR) is 153 cm³/mol. The highest BCUT2D eigenvalue weighted by molar-refractivity contribution is 6.13. The Morgan fingerprint density at radius 2 is 1.68 bits per heavy atom. The van der Waals surface area contributed by atoms with Crippen molar-refractivity contribution in [1.82, 2.24) is 4.90 Å². The molecule has 0 aromatic heterocycles. The molecule has 3 aromatic carbocycles. The summed E-state index contributed by atoms with van der Waals surface area (Å²) in [6, 6.07) is 25.5. The monoisotopic (exact) mass is 550 g/mol. The van der Waals surface area contributed by atoms with Crippen LogP contribution < -0.4 is 9.64 Å². The van der Waals surface area contributed by atoms with Gasteiger partial charge in [0.25, 0.3) is 0 Å². The molecule has 210 valence electrons. The number of benzene rings is 3. The highest BCUT2D eigenvalue weighted by Gasteiger charge is 2.82. The molecule has 3 heterocycles. The molecule has 1 N–H and O–H groups in total. The molecule has 8 rings (SSSR count). The first-order chi connectivity index (χ1) is 19.9. The summed E-state index contributed by atoms with van der Waals surface area (Å²) in [5.74, 6) is 1.62. The lowest BCUT2D eigenvalue weighted by atomic mass is 9.62. The van der Waals surface area contributed by atoms with E-state index in [9.17, 15) is 14.7 Å². The maximum Gasteiger partial charge on any atom is 0.315 e. The zero-order chi connectivity index (χ0) is 28.0. The fourth-order valence-corrected chi connectivity index (χ4v) is 9.26. The fraction of sp³-hybridized carbons (Fsp3) is 0.412. The highest BCUT2D eigenvalue weighted by Crippen LogP contribution is 2.78. The molecule has 4 fully saturated rings. The average molecular weight is 551 g/mol. The number of hydrogen-bond donors (Lipinski definition) is 1. The number of hydrogen-bond acceptors (Lipinski definition) is 6. The van der Waals surface area contributed by atoms with Crippen LogP contribution in [0.4, 0.5) is 11.4 Å². The molecule has 7 heteroatoms. The van der Waals surface area contributed by atoms with Crippen molar-refractivity contribution in [3.05, 3.63) is 84.4 Å². The number of aliphatic hydroxyl groups excluding tert-OH is 1. The van der Waals surface area contributed by atoms with E-state index in [4.69, 9.17) is 9.47 Å². The average Bonchev–Trinajstić information content (AvgIpc) is 3.47. The third-order valence-corrected chi connectivity index (χ3v) is 11.1. The summed E-state index contributed by atoms with van der Waals surface area (Å²) in [5.41, 5.74) is 0.966. The molecule has 0 radical (unpaired) electrons. The minimum absolute atomic E-state index is 0.0325. The van der Waals surface area contributed by atoms with Crippen molar-refractivity contribution >= 4 is 23.3 Å². The van der Waals surface area contributed by atoms with Crippen LogP contribution in [0.1, 0.15) is 37.7 Å². The Morgan fingerprint density at radius 1 is 0.951 bits per heavy atom. The minimum atomic E-state index is -0.837.